The Balaban J connectivity index is 1.68. The van der Waals surface area contributed by atoms with Crippen LogP contribution in [0.2, 0.25) is 0 Å². The number of nitrogens with zero attached hydrogens (tertiary/aromatic N) is 3. The van der Waals surface area contributed by atoms with E-state index in [9.17, 15) is 4.79 Å². The lowest BCUT2D eigenvalue weighted by atomic mass is 10.0. The highest BCUT2D eigenvalue weighted by molar-refractivity contribution is 7.09. The smallest absolute Gasteiger partial charge is 0.219 e. The second kappa shape index (κ2) is 6.67. The van der Waals surface area contributed by atoms with Crippen molar-refractivity contribution in [2.45, 2.75) is 71.0 Å². The first kappa shape index (κ1) is 15.9. The predicted molar refractivity (Wildman–Crippen MR) is 90.0 cm³/mol. The van der Waals surface area contributed by atoms with Crippen LogP contribution in [0.15, 0.2) is 5.38 Å². The highest BCUT2D eigenvalue weighted by Crippen LogP contribution is 2.31. The molecule has 0 aliphatic carbocycles. The molecule has 0 saturated carbocycles. The van der Waals surface area contributed by atoms with Crippen molar-refractivity contribution in [1.29, 1.82) is 0 Å². The molecule has 1 amide bonds. The van der Waals surface area contributed by atoms with Crippen LogP contribution in [0.3, 0.4) is 0 Å². The van der Waals surface area contributed by atoms with Gasteiger partial charge < -0.3 is 4.90 Å². The molecular formula is C17H27N3OS. The Labute approximate surface area is 137 Å². The molecule has 2 atom stereocenters. The van der Waals surface area contributed by atoms with Crippen LogP contribution in [-0.4, -0.2) is 45.9 Å². The van der Waals surface area contributed by atoms with Crippen LogP contribution in [0.25, 0.3) is 0 Å². The van der Waals surface area contributed by atoms with E-state index in [0.717, 1.165) is 32.5 Å². The fourth-order valence-corrected chi connectivity index (χ4v) is 4.76. The molecule has 3 heterocycles. The Morgan fingerprint density at radius 3 is 2.73 bits per heavy atom. The number of thiazole rings is 1. The Hall–Kier alpha value is -0.940. The van der Waals surface area contributed by atoms with Crippen molar-refractivity contribution in [3.63, 3.8) is 0 Å². The molecule has 122 valence electrons. The molecule has 2 saturated heterocycles. The number of hydrogen-bond acceptors (Lipinski definition) is 4. The first-order chi connectivity index (χ1) is 10.6. The normalized spacial score (nSPS) is 26.3. The summed E-state index contributed by atoms with van der Waals surface area (Å²) in [6.07, 6.45) is 4.78. The molecule has 0 spiro atoms. The van der Waals surface area contributed by atoms with Crippen molar-refractivity contribution >= 4 is 17.2 Å². The number of carbonyl (C=O) groups is 1. The van der Waals surface area contributed by atoms with Gasteiger partial charge in [-0.05, 0) is 32.2 Å². The molecule has 2 aliphatic rings. The first-order valence-electron chi connectivity index (χ1n) is 8.52. The average Bonchev–Trinajstić information content (AvgIpc) is 3.17. The third-order valence-electron chi connectivity index (χ3n) is 4.99. The van der Waals surface area contributed by atoms with Gasteiger partial charge in [0.2, 0.25) is 5.91 Å². The highest BCUT2D eigenvalue weighted by atomic mass is 32.1. The molecule has 1 aromatic rings. The second-order valence-electron chi connectivity index (χ2n) is 6.93. The summed E-state index contributed by atoms with van der Waals surface area (Å²) in [5.74, 6) is 0.751. The molecule has 1 aromatic heterocycles. The summed E-state index contributed by atoms with van der Waals surface area (Å²) < 4.78 is 0. The average molecular weight is 321 g/mol. The van der Waals surface area contributed by atoms with Crippen LogP contribution in [0, 0.1) is 0 Å². The van der Waals surface area contributed by atoms with Gasteiger partial charge in [0.1, 0.15) is 0 Å². The van der Waals surface area contributed by atoms with Crippen molar-refractivity contribution < 1.29 is 4.79 Å². The lowest BCUT2D eigenvalue weighted by Crippen LogP contribution is -2.47. The monoisotopic (exact) mass is 321 g/mol. The zero-order valence-corrected chi connectivity index (χ0v) is 14.7. The zero-order chi connectivity index (χ0) is 15.7. The van der Waals surface area contributed by atoms with E-state index in [1.54, 1.807) is 18.3 Å². The lowest BCUT2D eigenvalue weighted by Gasteiger charge is -2.34. The summed E-state index contributed by atoms with van der Waals surface area (Å²) in [5, 5.41) is 3.44. The van der Waals surface area contributed by atoms with Gasteiger partial charge in [-0.1, -0.05) is 13.8 Å². The van der Waals surface area contributed by atoms with E-state index in [-0.39, 0.29) is 5.91 Å². The van der Waals surface area contributed by atoms with Gasteiger partial charge in [0, 0.05) is 43.4 Å². The van der Waals surface area contributed by atoms with E-state index in [2.05, 4.69) is 29.0 Å². The van der Waals surface area contributed by atoms with E-state index >= 15 is 0 Å². The van der Waals surface area contributed by atoms with Crippen molar-refractivity contribution in [2.75, 3.05) is 13.1 Å². The van der Waals surface area contributed by atoms with Gasteiger partial charge in [0.25, 0.3) is 0 Å². The van der Waals surface area contributed by atoms with Crippen LogP contribution < -0.4 is 0 Å². The van der Waals surface area contributed by atoms with E-state index in [1.807, 2.05) is 0 Å². The fourth-order valence-electron chi connectivity index (χ4n) is 3.94. The van der Waals surface area contributed by atoms with Crippen LogP contribution in [0.4, 0.5) is 0 Å². The summed E-state index contributed by atoms with van der Waals surface area (Å²) >= 11 is 1.78. The summed E-state index contributed by atoms with van der Waals surface area (Å²) in [5.41, 5.74) is 1.20. The van der Waals surface area contributed by atoms with Gasteiger partial charge in [-0.25, -0.2) is 4.98 Å². The summed E-state index contributed by atoms with van der Waals surface area (Å²) in [6.45, 7) is 9.14. The summed E-state index contributed by atoms with van der Waals surface area (Å²) in [4.78, 5) is 21.3. The lowest BCUT2D eigenvalue weighted by molar-refractivity contribution is -0.130. The number of amides is 1. The third-order valence-corrected chi connectivity index (χ3v) is 6.18. The fraction of sp³-hybridized carbons (Fsp3) is 0.765. The minimum absolute atomic E-state index is 0.241. The molecule has 0 unspecified atom stereocenters. The molecule has 0 radical (unpaired) electrons. The molecule has 0 bridgehead atoms. The Bertz CT molecular complexity index is 528. The molecule has 3 rings (SSSR count). The topological polar surface area (TPSA) is 36.4 Å². The summed E-state index contributed by atoms with van der Waals surface area (Å²) in [7, 11) is 0. The number of carbonyl (C=O) groups excluding carboxylic acids is 1. The third kappa shape index (κ3) is 3.20. The molecule has 22 heavy (non-hydrogen) atoms. The van der Waals surface area contributed by atoms with Crippen LogP contribution in [0.1, 0.15) is 63.1 Å². The van der Waals surface area contributed by atoms with Gasteiger partial charge in [-0.2, -0.15) is 0 Å². The number of aromatic nitrogens is 1. The molecule has 0 N–H and O–H groups in total. The summed E-state index contributed by atoms with van der Waals surface area (Å²) in [6, 6.07) is 0.943. The number of hydrogen-bond donors (Lipinski definition) is 0. The molecule has 5 heteroatoms. The van der Waals surface area contributed by atoms with Gasteiger partial charge in [0.15, 0.2) is 0 Å². The molecule has 4 nitrogen and oxygen atoms in total. The highest BCUT2D eigenvalue weighted by Gasteiger charge is 2.38. The Morgan fingerprint density at radius 2 is 2.05 bits per heavy atom. The predicted octanol–water partition coefficient (Wildman–Crippen LogP) is 3.24. The largest absolute Gasteiger partial charge is 0.338 e. The molecule has 0 aromatic carbocycles. The van der Waals surface area contributed by atoms with Gasteiger partial charge >= 0.3 is 0 Å². The standard InChI is InChI=1S/C17H27N3OS/c1-12(2)17-18-14(11-22-17)10-19-8-4-6-15(19)16-7-5-9-20(16)13(3)21/h11-12,15-16H,4-10H2,1-3H3/t15-,16-/m1/s1. The number of likely N-dealkylation sites (tertiary alicyclic amines) is 2. The van der Waals surface area contributed by atoms with Crippen LogP contribution in [-0.2, 0) is 11.3 Å². The van der Waals surface area contributed by atoms with E-state index in [1.165, 1.54) is 23.5 Å². The maximum absolute atomic E-state index is 11.9. The van der Waals surface area contributed by atoms with Gasteiger partial charge in [-0.3, -0.25) is 9.69 Å². The van der Waals surface area contributed by atoms with Crippen LogP contribution >= 0.6 is 11.3 Å². The number of rotatable bonds is 4. The Morgan fingerprint density at radius 1 is 1.32 bits per heavy atom. The van der Waals surface area contributed by atoms with Gasteiger partial charge in [-0.15, -0.1) is 11.3 Å². The van der Waals surface area contributed by atoms with Crippen LogP contribution in [0.5, 0.6) is 0 Å². The van der Waals surface area contributed by atoms with Gasteiger partial charge in [0.05, 0.1) is 10.7 Å². The van der Waals surface area contributed by atoms with Crippen molar-refractivity contribution in [1.82, 2.24) is 14.8 Å². The Kier molecular flexibility index (Phi) is 4.83. The molecule has 2 fully saturated rings. The van der Waals surface area contributed by atoms with Crippen molar-refractivity contribution in [3.05, 3.63) is 16.1 Å². The van der Waals surface area contributed by atoms with E-state index < -0.39 is 0 Å². The minimum Gasteiger partial charge on any atom is -0.338 e. The van der Waals surface area contributed by atoms with Crippen molar-refractivity contribution in [3.8, 4) is 0 Å². The SMILES string of the molecule is CC(=O)N1CCC[C@@H]1[C@H]1CCCN1Cc1csc(C(C)C)n1. The first-order valence-corrected chi connectivity index (χ1v) is 9.39. The van der Waals surface area contributed by atoms with E-state index in [0.29, 0.717) is 18.0 Å². The maximum Gasteiger partial charge on any atom is 0.219 e. The maximum atomic E-state index is 11.9. The quantitative estimate of drug-likeness (QED) is 0.854. The van der Waals surface area contributed by atoms with Crippen molar-refractivity contribution in [2.24, 2.45) is 0 Å². The minimum atomic E-state index is 0.241. The molecular weight excluding hydrogens is 294 g/mol. The second-order valence-corrected chi connectivity index (χ2v) is 7.82. The van der Waals surface area contributed by atoms with E-state index in [4.69, 9.17) is 4.98 Å². The zero-order valence-electron chi connectivity index (χ0n) is 13.9. The molecule has 2 aliphatic heterocycles.